The van der Waals surface area contributed by atoms with E-state index >= 15 is 0 Å². The smallest absolute Gasteiger partial charge is 0.310 e. The zero-order valence-electron chi connectivity index (χ0n) is 31.8. The number of allylic oxidation sites excluding steroid dienone is 3. The molecule has 0 bridgehead atoms. The first kappa shape index (κ1) is 45.0. The maximum absolute atomic E-state index is 11.9. The third kappa shape index (κ3) is 41.0. The topological polar surface area (TPSA) is 26.3 Å². The van der Waals surface area contributed by atoms with Crippen molar-refractivity contribution in [1.29, 1.82) is 0 Å². The molecule has 2 heteroatoms. The molecule has 2 nitrogen and oxygen atoms in total. The van der Waals surface area contributed by atoms with Crippen LogP contribution in [0.1, 0.15) is 251 Å². The summed E-state index contributed by atoms with van der Waals surface area (Å²) in [4.78, 5) is 11.9. The maximum atomic E-state index is 11.9. The average Bonchev–Trinajstić information content (AvgIpc) is 3.06. The molecule has 0 spiro atoms. The molecule has 0 aliphatic rings. The van der Waals surface area contributed by atoms with E-state index in [1.165, 1.54) is 212 Å². The van der Waals surface area contributed by atoms with Gasteiger partial charge in [-0.05, 0) is 51.0 Å². The van der Waals surface area contributed by atoms with Crippen molar-refractivity contribution in [2.45, 2.75) is 251 Å². The first-order valence-electron chi connectivity index (χ1n) is 21.3. The van der Waals surface area contributed by atoms with Gasteiger partial charge in [0, 0.05) is 6.42 Å². The van der Waals surface area contributed by atoms with Gasteiger partial charge in [-0.25, -0.2) is 0 Å². The minimum atomic E-state index is -0.0601. The number of esters is 1. The fraction of sp³-hybridized carbons (Fsp3) is 0.886. The Morgan fingerprint density at radius 1 is 0.348 bits per heavy atom. The van der Waals surface area contributed by atoms with Crippen molar-refractivity contribution >= 4 is 5.97 Å². The number of hydrogen-bond donors (Lipinski definition) is 0. The molecule has 0 radical (unpaired) electrons. The second-order valence-electron chi connectivity index (χ2n) is 14.4. The molecule has 0 rings (SSSR count). The van der Waals surface area contributed by atoms with E-state index in [-0.39, 0.29) is 5.97 Å². The van der Waals surface area contributed by atoms with E-state index in [2.05, 4.69) is 26.0 Å². The highest BCUT2D eigenvalue weighted by Gasteiger charge is 2.01. The number of hydrogen-bond acceptors (Lipinski definition) is 2. The summed E-state index contributed by atoms with van der Waals surface area (Å²) in [6.07, 6.45) is 57.9. The lowest BCUT2D eigenvalue weighted by atomic mass is 10.0. The molecule has 0 amide bonds. The average molecular weight is 645 g/mol. The summed E-state index contributed by atoms with van der Waals surface area (Å²) in [7, 11) is 0. The first-order valence-corrected chi connectivity index (χ1v) is 21.3. The zero-order chi connectivity index (χ0) is 33.3. The normalized spacial score (nSPS) is 11.8. The van der Waals surface area contributed by atoms with Crippen molar-refractivity contribution < 1.29 is 9.53 Å². The molecule has 0 aliphatic carbocycles. The first-order chi connectivity index (χ1) is 22.8. The summed E-state index contributed by atoms with van der Waals surface area (Å²) in [6, 6.07) is 0. The Kier molecular flexibility index (Phi) is 41.0. The highest BCUT2D eigenvalue weighted by atomic mass is 16.5. The van der Waals surface area contributed by atoms with E-state index < -0.39 is 0 Å². The van der Waals surface area contributed by atoms with Gasteiger partial charge in [0.25, 0.3) is 0 Å². The SMILES string of the molecule is CCCCCCCC/C=C\CCCCCCCCCCCC(=O)OC=CCCCCCCCCCCCCCCCCCCCC. The van der Waals surface area contributed by atoms with Gasteiger partial charge in [0.2, 0.25) is 0 Å². The van der Waals surface area contributed by atoms with Gasteiger partial charge >= 0.3 is 5.97 Å². The highest BCUT2D eigenvalue weighted by molar-refractivity contribution is 5.69. The number of rotatable bonds is 39. The molecule has 0 unspecified atom stereocenters. The van der Waals surface area contributed by atoms with E-state index in [0.717, 1.165) is 19.3 Å². The summed E-state index contributed by atoms with van der Waals surface area (Å²) in [5.41, 5.74) is 0. The molecular formula is C44H84O2. The summed E-state index contributed by atoms with van der Waals surface area (Å²) in [6.45, 7) is 4.58. The summed E-state index contributed by atoms with van der Waals surface area (Å²) in [5, 5.41) is 0. The fourth-order valence-electron chi connectivity index (χ4n) is 6.46. The monoisotopic (exact) mass is 645 g/mol. The molecule has 0 saturated heterocycles. The van der Waals surface area contributed by atoms with E-state index in [1.807, 2.05) is 6.08 Å². The standard InChI is InChI=1S/C44H84O2/c1-3-5-7-9-11-13-15-17-19-21-23-25-27-29-31-33-35-37-39-41-43-46-44(45)42-40-38-36-34-32-30-28-26-24-22-20-18-16-14-12-10-8-6-4-2/h18,20,41,43H,3-17,19,21-40,42H2,1-2H3/b20-18-,43-41?. The third-order valence-corrected chi connectivity index (χ3v) is 9.66. The Balaban J connectivity index is 3.23. The van der Waals surface area contributed by atoms with Crippen LogP contribution in [0.15, 0.2) is 24.5 Å². The van der Waals surface area contributed by atoms with Crippen LogP contribution >= 0.6 is 0 Å². The Morgan fingerprint density at radius 2 is 0.609 bits per heavy atom. The Hall–Kier alpha value is -1.05. The van der Waals surface area contributed by atoms with Crippen LogP contribution in [-0.2, 0) is 9.53 Å². The van der Waals surface area contributed by atoms with Crippen molar-refractivity contribution in [1.82, 2.24) is 0 Å². The van der Waals surface area contributed by atoms with Gasteiger partial charge in [-0.3, -0.25) is 4.79 Å². The van der Waals surface area contributed by atoms with Crippen LogP contribution < -0.4 is 0 Å². The van der Waals surface area contributed by atoms with Crippen LogP contribution in [0.2, 0.25) is 0 Å². The van der Waals surface area contributed by atoms with Gasteiger partial charge in [0.05, 0.1) is 6.26 Å². The van der Waals surface area contributed by atoms with E-state index in [0.29, 0.717) is 6.42 Å². The lowest BCUT2D eigenvalue weighted by Gasteiger charge is -2.03. The van der Waals surface area contributed by atoms with Crippen LogP contribution in [0.25, 0.3) is 0 Å². The quantitative estimate of drug-likeness (QED) is 0.0288. The number of ether oxygens (including phenoxy) is 1. The minimum Gasteiger partial charge on any atom is -0.435 e. The molecule has 0 N–H and O–H groups in total. The molecule has 0 heterocycles. The Bertz CT molecular complexity index is 621. The molecule has 0 aliphatic heterocycles. The third-order valence-electron chi connectivity index (χ3n) is 9.66. The van der Waals surface area contributed by atoms with Crippen LogP contribution in [0, 0.1) is 0 Å². The van der Waals surface area contributed by atoms with Gasteiger partial charge in [-0.1, -0.05) is 212 Å². The molecule has 0 aromatic rings. The largest absolute Gasteiger partial charge is 0.435 e. The number of unbranched alkanes of at least 4 members (excludes halogenated alkanes) is 33. The second-order valence-corrected chi connectivity index (χ2v) is 14.4. The maximum Gasteiger partial charge on any atom is 0.310 e. The fourth-order valence-corrected chi connectivity index (χ4v) is 6.46. The van der Waals surface area contributed by atoms with E-state index in [9.17, 15) is 4.79 Å². The summed E-state index contributed by atoms with van der Waals surface area (Å²) < 4.78 is 5.29. The van der Waals surface area contributed by atoms with Gasteiger partial charge in [0.1, 0.15) is 0 Å². The van der Waals surface area contributed by atoms with Gasteiger partial charge in [-0.15, -0.1) is 0 Å². The van der Waals surface area contributed by atoms with Crippen molar-refractivity contribution in [3.8, 4) is 0 Å². The predicted molar refractivity (Wildman–Crippen MR) is 207 cm³/mol. The molecule has 0 aromatic carbocycles. The Morgan fingerprint density at radius 3 is 0.935 bits per heavy atom. The van der Waals surface area contributed by atoms with Crippen molar-refractivity contribution in [3.05, 3.63) is 24.5 Å². The molecule has 0 saturated carbocycles. The minimum absolute atomic E-state index is 0.0601. The molecule has 0 fully saturated rings. The molecule has 0 atom stereocenters. The molecule has 46 heavy (non-hydrogen) atoms. The zero-order valence-corrected chi connectivity index (χ0v) is 31.8. The van der Waals surface area contributed by atoms with Gasteiger partial charge in [0.15, 0.2) is 0 Å². The van der Waals surface area contributed by atoms with E-state index in [4.69, 9.17) is 4.74 Å². The van der Waals surface area contributed by atoms with Crippen molar-refractivity contribution in [2.75, 3.05) is 0 Å². The van der Waals surface area contributed by atoms with Crippen molar-refractivity contribution in [3.63, 3.8) is 0 Å². The predicted octanol–water partition coefficient (Wildman–Crippen LogP) is 16.1. The lowest BCUT2D eigenvalue weighted by molar-refractivity contribution is -0.138. The summed E-state index contributed by atoms with van der Waals surface area (Å²) in [5.74, 6) is -0.0601. The Labute approximate surface area is 290 Å². The van der Waals surface area contributed by atoms with E-state index in [1.54, 1.807) is 6.26 Å². The van der Waals surface area contributed by atoms with Crippen LogP contribution in [0.4, 0.5) is 0 Å². The van der Waals surface area contributed by atoms with Gasteiger partial charge < -0.3 is 4.74 Å². The summed E-state index contributed by atoms with van der Waals surface area (Å²) >= 11 is 0. The second kappa shape index (κ2) is 42.0. The van der Waals surface area contributed by atoms with Crippen molar-refractivity contribution in [2.24, 2.45) is 0 Å². The number of carbonyl (C=O) groups excluding carboxylic acids is 1. The number of carbonyl (C=O) groups is 1. The van der Waals surface area contributed by atoms with Gasteiger partial charge in [-0.2, -0.15) is 0 Å². The highest BCUT2D eigenvalue weighted by Crippen LogP contribution is 2.15. The molecule has 272 valence electrons. The molecular weight excluding hydrogens is 560 g/mol. The van der Waals surface area contributed by atoms with Crippen LogP contribution in [0.5, 0.6) is 0 Å². The molecule has 0 aromatic heterocycles. The lowest BCUT2D eigenvalue weighted by Crippen LogP contribution is -1.98. The van der Waals surface area contributed by atoms with Crippen LogP contribution in [0.3, 0.4) is 0 Å². The van der Waals surface area contributed by atoms with Crippen LogP contribution in [-0.4, -0.2) is 5.97 Å².